The Morgan fingerprint density at radius 1 is 1.25 bits per heavy atom. The second-order valence-corrected chi connectivity index (χ2v) is 6.38. The minimum atomic E-state index is -0.296. The van der Waals surface area contributed by atoms with Crippen molar-refractivity contribution in [3.8, 4) is 0 Å². The van der Waals surface area contributed by atoms with E-state index in [0.29, 0.717) is 24.4 Å². The van der Waals surface area contributed by atoms with Crippen LogP contribution in [0.15, 0.2) is 41.2 Å². The Labute approximate surface area is 138 Å². The molecule has 7 nitrogen and oxygen atoms in total. The zero-order valence-electron chi connectivity index (χ0n) is 13.5. The summed E-state index contributed by atoms with van der Waals surface area (Å²) in [5, 5.41) is 7.88. The molecule has 2 aromatic heterocycles. The van der Waals surface area contributed by atoms with Crippen LogP contribution in [0.5, 0.6) is 0 Å². The topological polar surface area (TPSA) is 84.2 Å². The molecule has 3 heterocycles. The molecule has 7 heteroatoms. The van der Waals surface area contributed by atoms with Crippen LogP contribution in [0.3, 0.4) is 0 Å². The van der Waals surface area contributed by atoms with Crippen LogP contribution in [-0.4, -0.2) is 39.7 Å². The van der Waals surface area contributed by atoms with Gasteiger partial charge in [0.25, 0.3) is 11.6 Å². The molecular formula is C17H17N5O2. The van der Waals surface area contributed by atoms with Crippen LogP contribution in [0, 0.1) is 6.92 Å². The summed E-state index contributed by atoms with van der Waals surface area (Å²) in [5.74, 6) is 0.733. The van der Waals surface area contributed by atoms with E-state index in [4.69, 9.17) is 4.52 Å². The molecule has 1 N–H and O–H groups in total. The van der Waals surface area contributed by atoms with E-state index in [1.54, 1.807) is 0 Å². The smallest absolute Gasteiger partial charge is 0.263 e. The van der Waals surface area contributed by atoms with Gasteiger partial charge in [-0.25, -0.2) is 4.98 Å². The fraction of sp³-hybridized carbons (Fsp3) is 0.294. The van der Waals surface area contributed by atoms with Gasteiger partial charge in [-0.1, -0.05) is 23.4 Å². The lowest BCUT2D eigenvalue weighted by molar-refractivity contribution is 0.0889. The molecule has 1 amide bonds. The molecular weight excluding hydrogens is 306 g/mol. The van der Waals surface area contributed by atoms with Crippen molar-refractivity contribution in [2.45, 2.75) is 19.4 Å². The van der Waals surface area contributed by atoms with Crippen LogP contribution in [-0.2, 0) is 0 Å². The van der Waals surface area contributed by atoms with Gasteiger partial charge in [0, 0.05) is 18.7 Å². The van der Waals surface area contributed by atoms with Gasteiger partial charge < -0.3 is 14.7 Å². The van der Waals surface area contributed by atoms with Crippen molar-refractivity contribution in [3.63, 3.8) is 0 Å². The lowest BCUT2D eigenvalue weighted by atomic mass is 9.91. The number of benzene rings is 1. The quantitative estimate of drug-likeness (QED) is 0.793. The van der Waals surface area contributed by atoms with Gasteiger partial charge >= 0.3 is 0 Å². The average Bonchev–Trinajstić information content (AvgIpc) is 2.95. The van der Waals surface area contributed by atoms with Crippen LogP contribution in [0.1, 0.15) is 23.0 Å². The second kappa shape index (κ2) is 5.30. The van der Waals surface area contributed by atoms with Crippen molar-refractivity contribution in [2.75, 3.05) is 18.0 Å². The van der Waals surface area contributed by atoms with Crippen LogP contribution in [0.25, 0.3) is 11.1 Å². The zero-order valence-corrected chi connectivity index (χ0v) is 13.5. The largest absolute Gasteiger partial charge is 0.351 e. The maximum absolute atomic E-state index is 12.3. The summed E-state index contributed by atoms with van der Waals surface area (Å²) >= 11 is 0. The highest BCUT2D eigenvalue weighted by molar-refractivity contribution is 5.95. The predicted molar refractivity (Wildman–Crippen MR) is 88.9 cm³/mol. The van der Waals surface area contributed by atoms with Crippen LogP contribution in [0.2, 0.25) is 0 Å². The van der Waals surface area contributed by atoms with Crippen LogP contribution < -0.4 is 10.2 Å². The number of anilines is 1. The minimum Gasteiger partial charge on any atom is -0.351 e. The maximum atomic E-state index is 12.3. The summed E-state index contributed by atoms with van der Waals surface area (Å²) in [7, 11) is 0. The van der Waals surface area contributed by atoms with E-state index in [9.17, 15) is 4.79 Å². The van der Waals surface area contributed by atoms with E-state index in [1.807, 2.05) is 44.2 Å². The van der Waals surface area contributed by atoms with E-state index >= 15 is 0 Å². The molecule has 1 aliphatic rings. The molecule has 3 aromatic rings. The normalized spacial score (nSPS) is 16.0. The standard InChI is InChI=1S/C17H17N5O2/c1-11-13-14(18-10-19-16(13)24-21-11)22-8-17(2,9-22)20-15(23)12-6-4-3-5-7-12/h3-7,10H,8-9H2,1-2H3,(H,20,23). The molecule has 24 heavy (non-hydrogen) atoms. The number of nitrogens with one attached hydrogen (secondary N) is 1. The summed E-state index contributed by atoms with van der Waals surface area (Å²) < 4.78 is 5.18. The summed E-state index contributed by atoms with van der Waals surface area (Å²) in [5.41, 5.74) is 1.62. The number of aromatic nitrogens is 3. The molecule has 0 bridgehead atoms. The Morgan fingerprint density at radius 2 is 2.00 bits per heavy atom. The molecule has 0 unspecified atom stereocenters. The van der Waals surface area contributed by atoms with Gasteiger partial charge in [0.05, 0.1) is 11.2 Å². The Bertz CT molecular complexity index is 900. The van der Waals surface area contributed by atoms with E-state index in [1.165, 1.54) is 6.33 Å². The highest BCUT2D eigenvalue weighted by atomic mass is 16.5. The number of hydrogen-bond acceptors (Lipinski definition) is 6. The highest BCUT2D eigenvalue weighted by Gasteiger charge is 2.41. The first-order valence-corrected chi connectivity index (χ1v) is 7.75. The zero-order chi connectivity index (χ0) is 16.7. The number of fused-ring (bicyclic) bond motifs is 1. The van der Waals surface area contributed by atoms with Gasteiger partial charge in [-0.05, 0) is 26.0 Å². The average molecular weight is 323 g/mol. The van der Waals surface area contributed by atoms with Gasteiger partial charge in [0.2, 0.25) is 0 Å². The third kappa shape index (κ3) is 2.38. The lowest BCUT2D eigenvalue weighted by Crippen LogP contribution is -2.69. The van der Waals surface area contributed by atoms with E-state index in [-0.39, 0.29) is 11.4 Å². The Morgan fingerprint density at radius 3 is 2.75 bits per heavy atom. The molecule has 4 rings (SSSR count). The first-order chi connectivity index (χ1) is 11.6. The van der Waals surface area contributed by atoms with Crippen molar-refractivity contribution in [2.24, 2.45) is 0 Å². The summed E-state index contributed by atoms with van der Waals surface area (Å²) in [6.45, 7) is 5.24. The Hall–Kier alpha value is -2.96. The van der Waals surface area contributed by atoms with Gasteiger partial charge in [-0.2, -0.15) is 4.98 Å². The Kier molecular flexibility index (Phi) is 3.23. The van der Waals surface area contributed by atoms with Crippen molar-refractivity contribution in [1.82, 2.24) is 20.4 Å². The van der Waals surface area contributed by atoms with E-state index < -0.39 is 0 Å². The lowest BCUT2D eigenvalue weighted by Gasteiger charge is -2.49. The van der Waals surface area contributed by atoms with Crippen molar-refractivity contribution >= 4 is 22.8 Å². The van der Waals surface area contributed by atoms with Gasteiger partial charge in [-0.15, -0.1) is 0 Å². The molecule has 122 valence electrons. The second-order valence-electron chi connectivity index (χ2n) is 6.38. The number of rotatable bonds is 3. The maximum Gasteiger partial charge on any atom is 0.263 e. The minimum absolute atomic E-state index is 0.0632. The summed E-state index contributed by atoms with van der Waals surface area (Å²) in [6, 6.07) is 9.23. The molecule has 1 saturated heterocycles. The van der Waals surface area contributed by atoms with Crippen molar-refractivity contribution in [3.05, 3.63) is 47.9 Å². The number of nitrogens with zero attached hydrogens (tertiary/aromatic N) is 4. The number of carbonyl (C=O) groups is 1. The third-order valence-corrected chi connectivity index (χ3v) is 4.25. The number of carbonyl (C=O) groups excluding carboxylic acids is 1. The first kappa shape index (κ1) is 14.6. The van der Waals surface area contributed by atoms with E-state index in [2.05, 4.69) is 25.3 Å². The SMILES string of the molecule is Cc1noc2ncnc(N3CC(C)(NC(=O)c4ccccc4)C3)c12. The number of hydrogen-bond donors (Lipinski definition) is 1. The van der Waals surface area contributed by atoms with Gasteiger partial charge in [-0.3, -0.25) is 4.79 Å². The highest BCUT2D eigenvalue weighted by Crippen LogP contribution is 2.32. The van der Waals surface area contributed by atoms with Crippen LogP contribution >= 0.6 is 0 Å². The molecule has 0 atom stereocenters. The molecule has 0 saturated carbocycles. The van der Waals surface area contributed by atoms with Gasteiger partial charge in [0.15, 0.2) is 0 Å². The number of aryl methyl sites for hydroxylation is 1. The van der Waals surface area contributed by atoms with Crippen molar-refractivity contribution < 1.29 is 9.32 Å². The summed E-state index contributed by atoms with van der Waals surface area (Å²) in [4.78, 5) is 22.9. The Balaban J connectivity index is 1.51. The first-order valence-electron chi connectivity index (χ1n) is 7.75. The van der Waals surface area contributed by atoms with Crippen LogP contribution in [0.4, 0.5) is 5.82 Å². The molecule has 0 spiro atoms. The third-order valence-electron chi connectivity index (χ3n) is 4.25. The van der Waals surface area contributed by atoms with Gasteiger partial charge in [0.1, 0.15) is 17.5 Å². The monoisotopic (exact) mass is 323 g/mol. The molecule has 1 aromatic carbocycles. The molecule has 1 fully saturated rings. The summed E-state index contributed by atoms with van der Waals surface area (Å²) in [6.07, 6.45) is 1.47. The predicted octanol–water partition coefficient (Wildman–Crippen LogP) is 1.93. The number of amides is 1. The van der Waals surface area contributed by atoms with E-state index in [0.717, 1.165) is 16.9 Å². The molecule has 0 radical (unpaired) electrons. The molecule has 0 aliphatic carbocycles. The fourth-order valence-electron chi connectivity index (χ4n) is 3.10. The molecule has 1 aliphatic heterocycles. The van der Waals surface area contributed by atoms with Crippen molar-refractivity contribution in [1.29, 1.82) is 0 Å². The fourth-order valence-corrected chi connectivity index (χ4v) is 3.10.